The number of fused-ring (bicyclic) bond motifs is 1. The second-order valence-electron chi connectivity index (χ2n) is 7.74. The minimum atomic E-state index is -0.233. The number of H-pyrrole nitrogens is 1. The lowest BCUT2D eigenvalue weighted by atomic mass is 10.1. The molecule has 1 amide bonds. The van der Waals surface area contributed by atoms with Crippen molar-refractivity contribution in [3.8, 4) is 11.3 Å². The van der Waals surface area contributed by atoms with Crippen molar-refractivity contribution in [3.05, 3.63) is 76.8 Å². The lowest BCUT2D eigenvalue weighted by Crippen LogP contribution is -2.40. The average molecular weight is 431 g/mol. The molecule has 4 aromatic rings. The van der Waals surface area contributed by atoms with E-state index < -0.39 is 0 Å². The molecule has 0 atom stereocenters. The topological polar surface area (TPSA) is 92.2 Å². The van der Waals surface area contributed by atoms with Crippen LogP contribution in [-0.2, 0) is 11.8 Å². The third kappa shape index (κ3) is 3.76. The molecular formula is C24H25N5O3. The molecule has 1 aliphatic heterocycles. The summed E-state index contributed by atoms with van der Waals surface area (Å²) in [4.78, 5) is 34.9. The van der Waals surface area contributed by atoms with Gasteiger partial charge in [-0.2, -0.15) is 0 Å². The van der Waals surface area contributed by atoms with Crippen molar-refractivity contribution in [2.24, 2.45) is 7.05 Å². The van der Waals surface area contributed by atoms with Crippen molar-refractivity contribution in [2.75, 3.05) is 31.6 Å². The summed E-state index contributed by atoms with van der Waals surface area (Å²) in [5.74, 6) is 0.209. The van der Waals surface area contributed by atoms with Gasteiger partial charge in [-0.3, -0.25) is 9.59 Å². The number of morpholine rings is 1. The first-order valence-corrected chi connectivity index (χ1v) is 10.5. The molecule has 2 N–H and O–H groups in total. The molecular weight excluding hydrogens is 406 g/mol. The van der Waals surface area contributed by atoms with Gasteiger partial charge in [0.25, 0.3) is 11.5 Å². The third-order valence-corrected chi connectivity index (χ3v) is 5.63. The number of nitrogens with zero attached hydrogens (tertiary/aromatic N) is 3. The molecule has 0 radical (unpaired) electrons. The van der Waals surface area contributed by atoms with Gasteiger partial charge in [-0.1, -0.05) is 12.1 Å². The normalized spacial score (nSPS) is 14.0. The predicted octanol–water partition coefficient (Wildman–Crippen LogP) is 3.39. The number of carbonyl (C=O) groups excluding carboxylic acids is 1. The maximum Gasteiger partial charge on any atom is 0.293 e. The van der Waals surface area contributed by atoms with Crippen LogP contribution < -0.4 is 10.9 Å². The van der Waals surface area contributed by atoms with E-state index in [1.165, 1.54) is 4.57 Å². The highest BCUT2D eigenvalue weighted by Gasteiger charge is 2.18. The fourth-order valence-electron chi connectivity index (χ4n) is 3.91. The number of rotatable bonds is 4. The van der Waals surface area contributed by atoms with E-state index in [-0.39, 0.29) is 18.7 Å². The molecule has 1 aliphatic rings. The van der Waals surface area contributed by atoms with Gasteiger partial charge in [-0.25, -0.2) is 4.98 Å². The summed E-state index contributed by atoms with van der Waals surface area (Å²) < 4.78 is 6.83. The Kier molecular flexibility index (Phi) is 5.20. The van der Waals surface area contributed by atoms with Gasteiger partial charge in [-0.15, -0.1) is 0 Å². The van der Waals surface area contributed by atoms with Crippen LogP contribution in [0.4, 0.5) is 11.5 Å². The van der Waals surface area contributed by atoms with Crippen LogP contribution in [0.1, 0.15) is 11.8 Å². The van der Waals surface area contributed by atoms with Gasteiger partial charge in [0.2, 0.25) is 0 Å². The Morgan fingerprint density at radius 1 is 1.12 bits per heavy atom. The van der Waals surface area contributed by atoms with Crippen molar-refractivity contribution in [1.29, 1.82) is 0 Å². The smallest absolute Gasteiger partial charge is 0.293 e. The zero-order valence-electron chi connectivity index (χ0n) is 17.7. The molecule has 3 heterocycles. The second-order valence-corrected chi connectivity index (χ2v) is 7.74. The zero-order valence-corrected chi connectivity index (χ0v) is 17.7. The number of aromatic amines is 1. The van der Waals surface area contributed by atoms with Gasteiger partial charge in [0, 0.05) is 61.7 Å². The number of amides is 1. The minimum Gasteiger partial charge on any atom is -0.378 e. The number of hydrogen-bond acceptors (Lipinski definition) is 5. The summed E-state index contributed by atoms with van der Waals surface area (Å²) in [5, 5.41) is 4.15. The molecule has 0 bridgehead atoms. The Labute approximate surface area is 186 Å². The third-order valence-electron chi connectivity index (χ3n) is 5.63. The van der Waals surface area contributed by atoms with Crippen LogP contribution in [0.2, 0.25) is 0 Å². The van der Waals surface area contributed by atoms with E-state index in [9.17, 15) is 9.59 Å². The standard InChI is InChI=1S/C24H23N5O3.H2/c1-28-15-21(18-3-2-4-20-19(18)9-10-25-20)27-22(24(28)31)26-17-7-5-16(6-8-17)23(30)29-11-13-32-14-12-29;/h2-10,15,25H,11-14H2,1H3,(H,26,27);1H. The maximum absolute atomic E-state index is 12.7. The molecule has 8 nitrogen and oxygen atoms in total. The van der Waals surface area contributed by atoms with Crippen molar-refractivity contribution in [3.63, 3.8) is 0 Å². The molecule has 0 saturated carbocycles. The highest BCUT2D eigenvalue weighted by atomic mass is 16.5. The van der Waals surface area contributed by atoms with Crippen LogP contribution in [0.25, 0.3) is 22.2 Å². The van der Waals surface area contributed by atoms with Gasteiger partial charge in [0.1, 0.15) is 0 Å². The van der Waals surface area contributed by atoms with E-state index in [4.69, 9.17) is 4.74 Å². The summed E-state index contributed by atoms with van der Waals surface area (Å²) >= 11 is 0. The van der Waals surface area contributed by atoms with E-state index in [1.807, 2.05) is 30.5 Å². The lowest BCUT2D eigenvalue weighted by molar-refractivity contribution is 0.0303. The molecule has 1 fully saturated rings. The van der Waals surface area contributed by atoms with Crippen LogP contribution in [0.15, 0.2) is 65.7 Å². The van der Waals surface area contributed by atoms with Crippen LogP contribution in [0, 0.1) is 0 Å². The summed E-state index contributed by atoms with van der Waals surface area (Å²) in [6.45, 7) is 2.32. The molecule has 0 unspecified atom stereocenters. The number of aromatic nitrogens is 3. The van der Waals surface area contributed by atoms with Crippen molar-refractivity contribution in [1.82, 2.24) is 19.4 Å². The number of hydrogen-bond donors (Lipinski definition) is 2. The fourth-order valence-corrected chi connectivity index (χ4v) is 3.91. The number of benzene rings is 2. The molecule has 2 aromatic heterocycles. The van der Waals surface area contributed by atoms with Crippen LogP contribution >= 0.6 is 0 Å². The molecule has 2 aromatic carbocycles. The summed E-state index contributed by atoms with van der Waals surface area (Å²) in [5.41, 5.74) is 3.70. The first kappa shape index (κ1) is 20.0. The van der Waals surface area contributed by atoms with E-state index in [0.717, 1.165) is 16.5 Å². The van der Waals surface area contributed by atoms with Crippen LogP contribution in [0.3, 0.4) is 0 Å². The highest BCUT2D eigenvalue weighted by molar-refractivity contribution is 5.95. The molecule has 164 valence electrons. The molecule has 8 heteroatoms. The minimum absolute atomic E-state index is 0. The van der Waals surface area contributed by atoms with Gasteiger partial charge in [0.15, 0.2) is 5.82 Å². The molecule has 1 saturated heterocycles. The lowest BCUT2D eigenvalue weighted by Gasteiger charge is -2.26. The summed E-state index contributed by atoms with van der Waals surface area (Å²) in [6, 6.07) is 15.0. The van der Waals surface area contributed by atoms with Crippen molar-refractivity contribution >= 4 is 28.3 Å². The van der Waals surface area contributed by atoms with Crippen LogP contribution in [-0.4, -0.2) is 51.6 Å². The van der Waals surface area contributed by atoms with Gasteiger partial charge < -0.3 is 24.5 Å². The molecule has 0 spiro atoms. The largest absolute Gasteiger partial charge is 0.378 e. The Balaban J connectivity index is 0.00000259. The quantitative estimate of drug-likeness (QED) is 0.517. The fraction of sp³-hybridized carbons (Fsp3) is 0.208. The molecule has 0 aliphatic carbocycles. The Morgan fingerprint density at radius 3 is 2.69 bits per heavy atom. The first-order valence-electron chi connectivity index (χ1n) is 10.5. The van der Waals surface area contributed by atoms with Gasteiger partial charge in [0.05, 0.1) is 18.9 Å². The number of nitrogens with one attached hydrogen (secondary N) is 2. The number of ether oxygens (including phenoxy) is 1. The molecule has 32 heavy (non-hydrogen) atoms. The summed E-state index contributed by atoms with van der Waals surface area (Å²) in [6.07, 6.45) is 3.62. The summed E-state index contributed by atoms with van der Waals surface area (Å²) in [7, 11) is 1.71. The van der Waals surface area contributed by atoms with Gasteiger partial charge >= 0.3 is 0 Å². The average Bonchev–Trinajstić information content (AvgIpc) is 3.31. The van der Waals surface area contributed by atoms with E-state index in [1.54, 1.807) is 42.4 Å². The van der Waals surface area contributed by atoms with E-state index in [0.29, 0.717) is 43.2 Å². The number of anilines is 2. The second kappa shape index (κ2) is 8.32. The Morgan fingerprint density at radius 2 is 1.91 bits per heavy atom. The van der Waals surface area contributed by atoms with Gasteiger partial charge in [-0.05, 0) is 36.4 Å². The van der Waals surface area contributed by atoms with E-state index in [2.05, 4.69) is 15.3 Å². The van der Waals surface area contributed by atoms with Crippen molar-refractivity contribution < 1.29 is 11.0 Å². The first-order chi connectivity index (χ1) is 15.6. The SMILES string of the molecule is Cn1cc(-c2cccc3[nH]ccc23)nc(Nc2ccc(C(=O)N3CCOCC3)cc2)c1=O.[HH]. The number of aryl methyl sites for hydroxylation is 1. The van der Waals surface area contributed by atoms with Crippen molar-refractivity contribution in [2.45, 2.75) is 0 Å². The van der Waals surface area contributed by atoms with Crippen LogP contribution in [0.5, 0.6) is 0 Å². The van der Waals surface area contributed by atoms with E-state index >= 15 is 0 Å². The molecule has 5 rings (SSSR count). The predicted molar refractivity (Wildman–Crippen MR) is 125 cm³/mol. The maximum atomic E-state index is 12.7. The monoisotopic (exact) mass is 431 g/mol. The Bertz CT molecular complexity index is 1340. The Hall–Kier alpha value is -3.91. The zero-order chi connectivity index (χ0) is 22.1. The highest BCUT2D eigenvalue weighted by Crippen LogP contribution is 2.27. The number of carbonyl (C=O) groups is 1.